The van der Waals surface area contributed by atoms with E-state index in [4.69, 9.17) is 0 Å². The molecule has 0 saturated heterocycles. The molecule has 0 unspecified atom stereocenters. The number of nitrogens with zero attached hydrogens (tertiary/aromatic N) is 5. The van der Waals surface area contributed by atoms with Crippen LogP contribution in [0.15, 0.2) is 6.33 Å². The molecule has 2 fully saturated rings. The quantitative estimate of drug-likeness (QED) is 0.599. The summed E-state index contributed by atoms with van der Waals surface area (Å²) in [5.41, 5.74) is 1.16. The molecule has 11 heteroatoms. The molecule has 0 bridgehead atoms. The van der Waals surface area contributed by atoms with Gasteiger partial charge in [-0.2, -0.15) is 12.7 Å². The maximum absolute atomic E-state index is 12.7. The van der Waals surface area contributed by atoms with Crippen molar-refractivity contribution in [2.24, 2.45) is 17.8 Å². The van der Waals surface area contributed by atoms with Crippen LogP contribution in [0, 0.1) is 17.8 Å². The molecule has 1 amide bonds. The molecule has 4 rings (SSSR count). The lowest BCUT2D eigenvalue weighted by Gasteiger charge is -2.32. The minimum atomic E-state index is -3.95. The van der Waals surface area contributed by atoms with Gasteiger partial charge >= 0.3 is 16.1 Å². The summed E-state index contributed by atoms with van der Waals surface area (Å²) in [6.45, 7) is 5.26. The van der Waals surface area contributed by atoms with E-state index in [9.17, 15) is 13.2 Å². The molecule has 2 aliphatic carbocycles. The zero-order valence-corrected chi connectivity index (χ0v) is 20.7. The molecule has 2 aliphatic rings. The minimum Gasteiger partial charge on any atom is -0.365 e. The fourth-order valence-electron chi connectivity index (χ4n) is 4.64. The lowest BCUT2D eigenvalue weighted by molar-refractivity contribution is 0.0970. The van der Waals surface area contributed by atoms with Gasteiger partial charge in [0.2, 0.25) is 5.82 Å². The van der Waals surface area contributed by atoms with E-state index >= 15 is 0 Å². The Bertz CT molecular complexity index is 1100. The molecule has 0 radical (unpaired) electrons. The van der Waals surface area contributed by atoms with Crippen LogP contribution in [0.25, 0.3) is 11.2 Å². The highest BCUT2D eigenvalue weighted by Crippen LogP contribution is 2.33. The molecule has 182 valence electrons. The van der Waals surface area contributed by atoms with Crippen molar-refractivity contribution in [1.29, 1.82) is 0 Å². The smallest absolute Gasteiger partial charge is 0.303 e. The summed E-state index contributed by atoms with van der Waals surface area (Å²) in [7, 11) is -1.26. The lowest BCUT2D eigenvalue weighted by Crippen LogP contribution is -2.40. The number of fused-ring (bicyclic) bond motifs is 1. The van der Waals surface area contributed by atoms with E-state index < -0.39 is 16.1 Å². The van der Waals surface area contributed by atoms with Crippen molar-refractivity contribution in [2.75, 3.05) is 19.4 Å². The summed E-state index contributed by atoms with van der Waals surface area (Å²) in [5, 5.41) is 3.49. The standard InChI is InChI=1S/C22H35N7O3S/c1-14-8-10-16(11-9-14)12-29-13-23-19-18(29)20(24-15(2)17-6-5-7-17)26-21(25-19)22(30)27-33(31,32)28(3)4/h13-17H,5-12H2,1-4H3,(H,27,30)(H,24,25,26)/t14-,15-,16-/m1/s1. The molecule has 2 N–H and O–H groups in total. The van der Waals surface area contributed by atoms with E-state index in [-0.39, 0.29) is 11.9 Å². The number of hydrogen-bond acceptors (Lipinski definition) is 7. The van der Waals surface area contributed by atoms with Gasteiger partial charge in [0.05, 0.1) is 6.33 Å². The molecule has 10 nitrogen and oxygen atoms in total. The number of rotatable bonds is 8. The number of aromatic nitrogens is 4. The number of amides is 1. The van der Waals surface area contributed by atoms with E-state index in [0.717, 1.165) is 35.1 Å². The van der Waals surface area contributed by atoms with Gasteiger partial charge in [0.25, 0.3) is 0 Å². The summed E-state index contributed by atoms with van der Waals surface area (Å²) in [5.74, 6) is 1.35. The third-order valence-corrected chi connectivity index (χ3v) is 8.59. The van der Waals surface area contributed by atoms with Gasteiger partial charge in [-0.05, 0) is 50.4 Å². The Morgan fingerprint density at radius 2 is 1.88 bits per heavy atom. The van der Waals surface area contributed by atoms with Crippen molar-refractivity contribution in [3.63, 3.8) is 0 Å². The van der Waals surface area contributed by atoms with Crippen LogP contribution < -0.4 is 10.0 Å². The molecule has 0 aliphatic heterocycles. The van der Waals surface area contributed by atoms with Crippen molar-refractivity contribution >= 4 is 33.1 Å². The van der Waals surface area contributed by atoms with Crippen LogP contribution in [0.1, 0.15) is 69.4 Å². The molecule has 1 atom stereocenters. The molecular formula is C22H35N7O3S. The van der Waals surface area contributed by atoms with Crippen molar-refractivity contribution in [3.05, 3.63) is 12.2 Å². The topological polar surface area (TPSA) is 122 Å². The maximum Gasteiger partial charge on any atom is 0.303 e. The Morgan fingerprint density at radius 3 is 2.48 bits per heavy atom. The van der Waals surface area contributed by atoms with Crippen molar-refractivity contribution in [3.8, 4) is 0 Å². The molecular weight excluding hydrogens is 442 g/mol. The van der Waals surface area contributed by atoms with Crippen LogP contribution in [-0.4, -0.2) is 58.3 Å². The van der Waals surface area contributed by atoms with E-state index in [0.29, 0.717) is 23.3 Å². The molecule has 2 aromatic rings. The summed E-state index contributed by atoms with van der Waals surface area (Å²) < 4.78 is 29.3. The van der Waals surface area contributed by atoms with Crippen LogP contribution in [0.5, 0.6) is 0 Å². The van der Waals surface area contributed by atoms with Crippen molar-refractivity contribution < 1.29 is 13.2 Å². The predicted octanol–water partition coefficient (Wildman–Crippen LogP) is 2.79. The first-order valence-corrected chi connectivity index (χ1v) is 13.3. The predicted molar refractivity (Wildman–Crippen MR) is 127 cm³/mol. The number of imidazole rings is 1. The molecule has 0 spiro atoms. The van der Waals surface area contributed by atoms with Gasteiger partial charge in [0.15, 0.2) is 11.5 Å². The van der Waals surface area contributed by atoms with Gasteiger partial charge in [-0.3, -0.25) is 4.79 Å². The zero-order chi connectivity index (χ0) is 23.8. The SMILES string of the molecule is C[C@@H](Nc1nc(C(=O)NS(=O)(=O)N(C)C)nc2ncn(C[C@H]3CC[C@H](C)CC3)c12)C1CCC1. The molecule has 33 heavy (non-hydrogen) atoms. The second kappa shape index (κ2) is 9.54. The van der Waals surface area contributed by atoms with Crippen LogP contribution in [0.3, 0.4) is 0 Å². The Kier molecular flexibility index (Phi) is 6.90. The normalized spacial score (nSPS) is 22.8. The summed E-state index contributed by atoms with van der Waals surface area (Å²) >= 11 is 0. The highest BCUT2D eigenvalue weighted by Gasteiger charge is 2.28. The van der Waals surface area contributed by atoms with Gasteiger partial charge in [-0.15, -0.1) is 0 Å². The average Bonchev–Trinajstić information content (AvgIpc) is 3.11. The zero-order valence-electron chi connectivity index (χ0n) is 19.9. The van der Waals surface area contributed by atoms with Gasteiger partial charge < -0.3 is 9.88 Å². The van der Waals surface area contributed by atoms with Gasteiger partial charge in [0, 0.05) is 26.7 Å². The number of carbonyl (C=O) groups is 1. The van der Waals surface area contributed by atoms with E-state index in [1.807, 2.05) is 4.72 Å². The number of anilines is 1. The van der Waals surface area contributed by atoms with Gasteiger partial charge in [-0.1, -0.05) is 26.2 Å². The molecule has 2 aromatic heterocycles. The minimum absolute atomic E-state index is 0.178. The van der Waals surface area contributed by atoms with Gasteiger partial charge in [0.1, 0.15) is 5.52 Å². The Morgan fingerprint density at radius 1 is 1.18 bits per heavy atom. The van der Waals surface area contributed by atoms with Crippen LogP contribution >= 0.6 is 0 Å². The fraction of sp³-hybridized carbons (Fsp3) is 0.727. The second-order valence-electron chi connectivity index (χ2n) is 9.93. The number of hydrogen-bond donors (Lipinski definition) is 2. The highest BCUT2D eigenvalue weighted by atomic mass is 32.2. The first-order chi connectivity index (χ1) is 15.6. The maximum atomic E-state index is 12.7. The largest absolute Gasteiger partial charge is 0.365 e. The number of carbonyl (C=O) groups excluding carboxylic acids is 1. The summed E-state index contributed by atoms with van der Waals surface area (Å²) in [4.78, 5) is 25.9. The average molecular weight is 478 g/mol. The van der Waals surface area contributed by atoms with Crippen LogP contribution in [-0.2, 0) is 16.8 Å². The Labute approximate surface area is 195 Å². The van der Waals surface area contributed by atoms with Crippen LogP contribution in [0.4, 0.5) is 5.82 Å². The Hall–Kier alpha value is -2.27. The highest BCUT2D eigenvalue weighted by molar-refractivity contribution is 7.87. The van der Waals surface area contributed by atoms with E-state index in [1.54, 1.807) is 6.33 Å². The fourth-order valence-corrected chi connectivity index (χ4v) is 5.15. The molecule has 2 heterocycles. The van der Waals surface area contributed by atoms with Crippen molar-refractivity contribution in [2.45, 2.75) is 71.4 Å². The van der Waals surface area contributed by atoms with E-state index in [1.165, 1.54) is 46.2 Å². The van der Waals surface area contributed by atoms with Crippen LogP contribution in [0.2, 0.25) is 0 Å². The Balaban J connectivity index is 1.66. The first-order valence-electron chi connectivity index (χ1n) is 11.9. The number of nitrogens with one attached hydrogen (secondary N) is 2. The third-order valence-electron chi connectivity index (χ3n) is 7.19. The monoisotopic (exact) mass is 477 g/mol. The molecule has 2 saturated carbocycles. The summed E-state index contributed by atoms with van der Waals surface area (Å²) in [6.07, 6.45) is 10.2. The van der Waals surface area contributed by atoms with Crippen molar-refractivity contribution in [1.82, 2.24) is 28.5 Å². The third kappa shape index (κ3) is 5.29. The summed E-state index contributed by atoms with van der Waals surface area (Å²) in [6, 6.07) is 0.178. The second-order valence-corrected chi connectivity index (χ2v) is 11.8. The van der Waals surface area contributed by atoms with E-state index in [2.05, 4.69) is 38.7 Å². The lowest BCUT2D eigenvalue weighted by atomic mass is 9.80. The first kappa shape index (κ1) is 23.9. The van der Waals surface area contributed by atoms with Gasteiger partial charge in [-0.25, -0.2) is 19.7 Å². The molecule has 0 aromatic carbocycles.